The molecule has 6 heteroatoms. The third-order valence-electron chi connectivity index (χ3n) is 3.59. The lowest BCUT2D eigenvalue weighted by molar-refractivity contribution is 0.556. The first-order valence-corrected chi connectivity index (χ1v) is 6.86. The van der Waals surface area contributed by atoms with E-state index in [4.69, 9.17) is 0 Å². The standard InChI is InChI=1S/C18H11F4N.ClH/c19-12-1-3-14(16(21)9-12)18(11-5-7-23-8-6-11)15-4-2-13(20)10-17(15)22;/h1-10,18H;1H. The zero-order chi connectivity index (χ0) is 16.4. The van der Waals surface area contributed by atoms with Crippen molar-refractivity contribution < 1.29 is 17.6 Å². The second-order valence-corrected chi connectivity index (χ2v) is 5.05. The highest BCUT2D eigenvalue weighted by atomic mass is 35.5. The fraction of sp³-hybridized carbons (Fsp3) is 0.0556. The summed E-state index contributed by atoms with van der Waals surface area (Å²) < 4.78 is 54.8. The molecule has 1 nitrogen and oxygen atoms in total. The summed E-state index contributed by atoms with van der Waals surface area (Å²) in [6.45, 7) is 0. The van der Waals surface area contributed by atoms with E-state index in [9.17, 15) is 17.6 Å². The highest BCUT2D eigenvalue weighted by Crippen LogP contribution is 2.35. The molecule has 0 fully saturated rings. The van der Waals surface area contributed by atoms with Gasteiger partial charge in [0.1, 0.15) is 23.3 Å². The molecule has 0 aliphatic heterocycles. The van der Waals surface area contributed by atoms with Crippen LogP contribution in [-0.4, -0.2) is 4.98 Å². The summed E-state index contributed by atoms with van der Waals surface area (Å²) in [4.78, 5) is 3.88. The molecule has 0 saturated heterocycles. The molecule has 0 bridgehead atoms. The van der Waals surface area contributed by atoms with Crippen LogP contribution in [0.15, 0.2) is 60.9 Å². The summed E-state index contributed by atoms with van der Waals surface area (Å²) in [5.74, 6) is -3.87. The van der Waals surface area contributed by atoms with Crippen molar-refractivity contribution in [3.63, 3.8) is 0 Å². The average molecular weight is 354 g/mol. The van der Waals surface area contributed by atoms with Gasteiger partial charge in [-0.1, -0.05) is 12.1 Å². The smallest absolute Gasteiger partial charge is 0.130 e. The molecular formula is C18H12ClF4N. The number of rotatable bonds is 3. The van der Waals surface area contributed by atoms with Crippen LogP contribution in [0, 0.1) is 23.3 Å². The van der Waals surface area contributed by atoms with Crippen LogP contribution in [0.5, 0.6) is 0 Å². The van der Waals surface area contributed by atoms with E-state index < -0.39 is 29.2 Å². The molecular weight excluding hydrogens is 342 g/mol. The fourth-order valence-corrected chi connectivity index (χ4v) is 2.55. The number of aromatic nitrogens is 1. The first-order chi connectivity index (χ1) is 11.1. The van der Waals surface area contributed by atoms with Gasteiger partial charge >= 0.3 is 0 Å². The molecule has 3 aromatic rings. The van der Waals surface area contributed by atoms with Crippen LogP contribution in [-0.2, 0) is 0 Å². The Morgan fingerprint density at radius 1 is 0.667 bits per heavy atom. The van der Waals surface area contributed by atoms with Crippen molar-refractivity contribution in [2.24, 2.45) is 0 Å². The molecule has 0 atom stereocenters. The van der Waals surface area contributed by atoms with Crippen molar-refractivity contribution in [1.29, 1.82) is 0 Å². The van der Waals surface area contributed by atoms with Crippen LogP contribution < -0.4 is 0 Å². The Balaban J connectivity index is 0.00000208. The second kappa shape index (κ2) is 7.45. The zero-order valence-electron chi connectivity index (χ0n) is 12.2. The number of hydrogen-bond donors (Lipinski definition) is 0. The maximum absolute atomic E-state index is 14.2. The molecule has 124 valence electrons. The molecule has 0 N–H and O–H groups in total. The predicted octanol–water partition coefficient (Wildman–Crippen LogP) is 5.24. The molecule has 0 unspecified atom stereocenters. The third kappa shape index (κ3) is 3.57. The summed E-state index contributed by atoms with van der Waals surface area (Å²) in [7, 11) is 0. The summed E-state index contributed by atoms with van der Waals surface area (Å²) in [5.41, 5.74) is 0.766. The molecule has 24 heavy (non-hydrogen) atoms. The lowest BCUT2D eigenvalue weighted by atomic mass is 9.85. The van der Waals surface area contributed by atoms with Gasteiger partial charge in [-0.05, 0) is 29.8 Å². The highest BCUT2D eigenvalue weighted by Gasteiger charge is 2.23. The topological polar surface area (TPSA) is 12.9 Å². The van der Waals surface area contributed by atoms with Gasteiger partial charge in [-0.15, -0.1) is 12.4 Å². The van der Waals surface area contributed by atoms with Gasteiger partial charge in [0, 0.05) is 41.6 Å². The molecule has 0 amide bonds. The lowest BCUT2D eigenvalue weighted by Crippen LogP contribution is -2.08. The van der Waals surface area contributed by atoms with E-state index in [0.29, 0.717) is 5.56 Å². The van der Waals surface area contributed by atoms with Crippen LogP contribution in [0.2, 0.25) is 0 Å². The van der Waals surface area contributed by atoms with Gasteiger partial charge in [0.25, 0.3) is 0 Å². The van der Waals surface area contributed by atoms with Crippen LogP contribution >= 0.6 is 12.4 Å². The minimum Gasteiger partial charge on any atom is -0.265 e. The Bertz CT molecular complexity index is 788. The number of nitrogens with zero attached hydrogens (tertiary/aromatic N) is 1. The molecule has 2 aromatic carbocycles. The van der Waals surface area contributed by atoms with E-state index in [0.717, 1.165) is 24.3 Å². The van der Waals surface area contributed by atoms with E-state index >= 15 is 0 Å². The fourth-order valence-electron chi connectivity index (χ4n) is 2.55. The van der Waals surface area contributed by atoms with Crippen LogP contribution in [0.4, 0.5) is 17.6 Å². The van der Waals surface area contributed by atoms with Gasteiger partial charge in [-0.25, -0.2) is 17.6 Å². The molecule has 0 aliphatic rings. The quantitative estimate of drug-likeness (QED) is 0.587. The minimum atomic E-state index is -0.834. The Morgan fingerprint density at radius 3 is 1.54 bits per heavy atom. The Hall–Kier alpha value is -2.40. The number of pyridine rings is 1. The van der Waals surface area contributed by atoms with Crippen molar-refractivity contribution in [3.05, 3.63) is 101 Å². The summed E-state index contributed by atoms with van der Waals surface area (Å²) >= 11 is 0. The van der Waals surface area contributed by atoms with Gasteiger partial charge in [0.15, 0.2) is 0 Å². The third-order valence-corrected chi connectivity index (χ3v) is 3.59. The Labute approximate surface area is 142 Å². The van der Waals surface area contributed by atoms with E-state index in [2.05, 4.69) is 4.98 Å². The minimum absolute atomic E-state index is 0. The number of hydrogen-bond acceptors (Lipinski definition) is 1. The number of benzene rings is 2. The van der Waals surface area contributed by atoms with Gasteiger partial charge in [-0.2, -0.15) is 0 Å². The second-order valence-electron chi connectivity index (χ2n) is 5.05. The Kier molecular flexibility index (Phi) is 5.57. The molecule has 0 radical (unpaired) electrons. The van der Waals surface area contributed by atoms with Gasteiger partial charge in [0.2, 0.25) is 0 Å². The van der Waals surface area contributed by atoms with Crippen molar-refractivity contribution in [3.8, 4) is 0 Å². The molecule has 0 saturated carbocycles. The van der Waals surface area contributed by atoms with E-state index in [1.807, 2.05) is 0 Å². The molecule has 3 rings (SSSR count). The first kappa shape index (κ1) is 17.9. The van der Waals surface area contributed by atoms with E-state index in [-0.39, 0.29) is 23.5 Å². The van der Waals surface area contributed by atoms with Crippen molar-refractivity contribution in [2.75, 3.05) is 0 Å². The van der Waals surface area contributed by atoms with E-state index in [1.54, 1.807) is 12.1 Å². The van der Waals surface area contributed by atoms with Gasteiger partial charge < -0.3 is 0 Å². The van der Waals surface area contributed by atoms with Gasteiger partial charge in [0.05, 0.1) is 0 Å². The SMILES string of the molecule is Cl.Fc1ccc(C(c2ccncc2)c2ccc(F)cc2F)c(F)c1. The normalized spacial score (nSPS) is 10.5. The summed E-state index contributed by atoms with van der Waals surface area (Å²) in [6.07, 6.45) is 2.98. The average Bonchev–Trinajstić information content (AvgIpc) is 2.52. The summed E-state index contributed by atoms with van der Waals surface area (Å²) in [5, 5.41) is 0. The van der Waals surface area contributed by atoms with Crippen molar-refractivity contribution >= 4 is 12.4 Å². The van der Waals surface area contributed by atoms with Crippen LogP contribution in [0.1, 0.15) is 22.6 Å². The highest BCUT2D eigenvalue weighted by molar-refractivity contribution is 5.85. The Morgan fingerprint density at radius 2 is 1.12 bits per heavy atom. The lowest BCUT2D eigenvalue weighted by Gasteiger charge is -2.20. The largest absolute Gasteiger partial charge is 0.265 e. The molecule has 1 aromatic heterocycles. The maximum Gasteiger partial charge on any atom is 0.130 e. The molecule has 0 aliphatic carbocycles. The monoisotopic (exact) mass is 353 g/mol. The van der Waals surface area contributed by atoms with E-state index in [1.165, 1.54) is 24.5 Å². The molecule has 1 heterocycles. The van der Waals surface area contributed by atoms with Crippen molar-refractivity contribution in [2.45, 2.75) is 5.92 Å². The summed E-state index contributed by atoms with van der Waals surface area (Å²) in [6, 6.07) is 9.43. The first-order valence-electron chi connectivity index (χ1n) is 6.86. The van der Waals surface area contributed by atoms with Crippen LogP contribution in [0.25, 0.3) is 0 Å². The van der Waals surface area contributed by atoms with Crippen LogP contribution in [0.3, 0.4) is 0 Å². The van der Waals surface area contributed by atoms with Gasteiger partial charge in [-0.3, -0.25) is 4.98 Å². The molecule has 0 spiro atoms. The predicted molar refractivity (Wildman–Crippen MR) is 85.1 cm³/mol. The maximum atomic E-state index is 14.2. The number of halogens is 5. The van der Waals surface area contributed by atoms with Crippen molar-refractivity contribution in [1.82, 2.24) is 4.98 Å². The zero-order valence-corrected chi connectivity index (χ0v) is 13.0.